The normalized spacial score (nSPS) is 12.4. The molecule has 0 aliphatic rings. The van der Waals surface area contributed by atoms with Gasteiger partial charge in [0.15, 0.2) is 0 Å². The van der Waals surface area contributed by atoms with E-state index in [1.54, 1.807) is 16.9 Å². The van der Waals surface area contributed by atoms with E-state index in [1.807, 2.05) is 0 Å². The molecule has 1 aromatic rings. The van der Waals surface area contributed by atoms with Gasteiger partial charge in [0.2, 0.25) is 0 Å². The van der Waals surface area contributed by atoms with E-state index >= 15 is 0 Å². The highest BCUT2D eigenvalue weighted by Crippen LogP contribution is 2.08. The second-order valence-electron chi connectivity index (χ2n) is 5.35. The number of anilines is 1. The summed E-state index contributed by atoms with van der Waals surface area (Å²) in [5.74, 6) is 0. The molecule has 1 aromatic heterocycles. The lowest BCUT2D eigenvalue weighted by molar-refractivity contribution is 0.392. The first-order chi connectivity index (χ1) is 10.2. The zero-order valence-corrected chi connectivity index (χ0v) is 13.9. The Morgan fingerprint density at radius 1 is 1.24 bits per heavy atom. The number of aromatic nitrogens is 2. The summed E-state index contributed by atoms with van der Waals surface area (Å²) in [7, 11) is 0. The van der Waals surface area contributed by atoms with Crippen molar-refractivity contribution in [2.75, 3.05) is 24.5 Å². The molecule has 1 atom stereocenters. The largest absolute Gasteiger partial charge is 0.371 e. The van der Waals surface area contributed by atoms with Crippen LogP contribution in [-0.4, -0.2) is 35.5 Å². The van der Waals surface area contributed by atoms with Crippen LogP contribution in [0.4, 0.5) is 5.69 Å². The number of nitrogens with zero attached hydrogens (tertiary/aromatic N) is 3. The second kappa shape index (κ2) is 9.55. The van der Waals surface area contributed by atoms with E-state index < -0.39 is 0 Å². The number of nitrogens with one attached hydrogen (secondary N) is 1. The van der Waals surface area contributed by atoms with Gasteiger partial charge >= 0.3 is 0 Å². The van der Waals surface area contributed by atoms with Gasteiger partial charge in [-0.15, -0.1) is 0 Å². The van der Waals surface area contributed by atoms with Crippen molar-refractivity contribution in [2.45, 2.75) is 59.5 Å². The minimum Gasteiger partial charge on any atom is -0.371 e. The Labute approximate surface area is 128 Å². The van der Waals surface area contributed by atoms with Crippen LogP contribution in [0.5, 0.6) is 0 Å². The molecule has 0 aromatic carbocycles. The molecular weight excluding hydrogens is 264 g/mol. The number of rotatable bonds is 10. The SMILES string of the molecule is CCCNC(CCC)Cn1ncc(N(CC)CC)cc1=O. The van der Waals surface area contributed by atoms with Gasteiger partial charge in [-0.3, -0.25) is 4.79 Å². The molecule has 0 aliphatic heterocycles. The van der Waals surface area contributed by atoms with E-state index in [9.17, 15) is 4.79 Å². The van der Waals surface area contributed by atoms with Gasteiger partial charge in [-0.25, -0.2) is 4.68 Å². The van der Waals surface area contributed by atoms with Crippen molar-refractivity contribution in [1.82, 2.24) is 15.1 Å². The van der Waals surface area contributed by atoms with Gasteiger partial charge in [-0.1, -0.05) is 20.3 Å². The van der Waals surface area contributed by atoms with E-state index in [0.29, 0.717) is 12.6 Å². The molecular formula is C16H30N4O. The van der Waals surface area contributed by atoms with Gasteiger partial charge in [0, 0.05) is 25.2 Å². The first-order valence-electron chi connectivity index (χ1n) is 8.21. The Morgan fingerprint density at radius 2 is 1.95 bits per heavy atom. The highest BCUT2D eigenvalue weighted by molar-refractivity contribution is 5.42. The molecule has 1 N–H and O–H groups in total. The molecule has 0 aliphatic carbocycles. The quantitative estimate of drug-likeness (QED) is 0.719. The lowest BCUT2D eigenvalue weighted by atomic mass is 10.1. The van der Waals surface area contributed by atoms with Crippen molar-refractivity contribution < 1.29 is 0 Å². The fourth-order valence-corrected chi connectivity index (χ4v) is 2.49. The maximum atomic E-state index is 12.2. The van der Waals surface area contributed by atoms with Crippen LogP contribution in [0.2, 0.25) is 0 Å². The molecule has 0 radical (unpaired) electrons. The van der Waals surface area contributed by atoms with Gasteiger partial charge in [-0.2, -0.15) is 5.10 Å². The Bertz CT molecular complexity index is 454. The predicted molar refractivity (Wildman–Crippen MR) is 89.0 cm³/mol. The fraction of sp³-hybridized carbons (Fsp3) is 0.750. The van der Waals surface area contributed by atoms with Crippen molar-refractivity contribution in [3.05, 3.63) is 22.6 Å². The van der Waals surface area contributed by atoms with Crippen LogP contribution in [0.15, 0.2) is 17.1 Å². The molecule has 0 saturated carbocycles. The molecule has 5 heteroatoms. The maximum absolute atomic E-state index is 12.2. The lowest BCUT2D eigenvalue weighted by Crippen LogP contribution is -2.38. The molecule has 21 heavy (non-hydrogen) atoms. The summed E-state index contributed by atoms with van der Waals surface area (Å²) in [6, 6.07) is 2.02. The van der Waals surface area contributed by atoms with Crippen molar-refractivity contribution in [2.24, 2.45) is 0 Å². The van der Waals surface area contributed by atoms with E-state index in [1.165, 1.54) is 0 Å². The Morgan fingerprint density at radius 3 is 2.48 bits per heavy atom. The summed E-state index contributed by atoms with van der Waals surface area (Å²) >= 11 is 0. The minimum atomic E-state index is -0.0150. The smallest absolute Gasteiger partial charge is 0.268 e. The first-order valence-corrected chi connectivity index (χ1v) is 8.21. The average molecular weight is 294 g/mol. The maximum Gasteiger partial charge on any atom is 0.268 e. The van der Waals surface area contributed by atoms with E-state index in [0.717, 1.165) is 44.6 Å². The summed E-state index contributed by atoms with van der Waals surface area (Å²) in [5, 5.41) is 7.84. The third-order valence-electron chi connectivity index (χ3n) is 3.70. The molecule has 0 spiro atoms. The molecule has 1 rings (SSSR count). The Balaban J connectivity index is 2.80. The summed E-state index contributed by atoms with van der Waals surface area (Å²) in [5.41, 5.74) is 0.897. The summed E-state index contributed by atoms with van der Waals surface area (Å²) in [6.07, 6.45) is 5.07. The fourth-order valence-electron chi connectivity index (χ4n) is 2.49. The highest BCUT2D eigenvalue weighted by Gasteiger charge is 2.11. The van der Waals surface area contributed by atoms with Crippen LogP contribution in [0.1, 0.15) is 47.0 Å². The Kier molecular flexibility index (Phi) is 8.05. The van der Waals surface area contributed by atoms with Gasteiger partial charge in [0.1, 0.15) is 0 Å². The average Bonchev–Trinajstić information content (AvgIpc) is 2.48. The molecule has 0 saturated heterocycles. The monoisotopic (exact) mass is 294 g/mol. The zero-order chi connectivity index (χ0) is 15.7. The Hall–Kier alpha value is -1.36. The molecule has 0 bridgehead atoms. The van der Waals surface area contributed by atoms with Crippen molar-refractivity contribution >= 4 is 5.69 Å². The van der Waals surface area contributed by atoms with Crippen LogP contribution in [0.25, 0.3) is 0 Å². The summed E-state index contributed by atoms with van der Waals surface area (Å²) in [4.78, 5) is 14.4. The molecule has 0 amide bonds. The minimum absolute atomic E-state index is 0.0150. The first kappa shape index (κ1) is 17.7. The van der Waals surface area contributed by atoms with Gasteiger partial charge in [0.25, 0.3) is 5.56 Å². The van der Waals surface area contributed by atoms with Crippen molar-refractivity contribution in [3.8, 4) is 0 Å². The summed E-state index contributed by atoms with van der Waals surface area (Å²) in [6.45, 7) is 11.9. The topological polar surface area (TPSA) is 50.2 Å². The molecule has 1 heterocycles. The lowest BCUT2D eigenvalue weighted by Gasteiger charge is -2.22. The second-order valence-corrected chi connectivity index (χ2v) is 5.35. The standard InChI is InChI=1S/C16H30N4O/c1-5-9-14(17-10-6-2)13-20-16(21)11-15(12-18-20)19(7-3)8-4/h11-12,14,17H,5-10,13H2,1-4H3. The van der Waals surface area contributed by atoms with Crippen LogP contribution in [0, 0.1) is 0 Å². The van der Waals surface area contributed by atoms with Crippen LogP contribution in [0.3, 0.4) is 0 Å². The third kappa shape index (κ3) is 5.50. The number of hydrogen-bond donors (Lipinski definition) is 1. The van der Waals surface area contributed by atoms with Crippen LogP contribution in [-0.2, 0) is 6.54 Å². The van der Waals surface area contributed by atoms with E-state index in [2.05, 4.69) is 43.0 Å². The highest BCUT2D eigenvalue weighted by atomic mass is 16.1. The molecule has 0 fully saturated rings. The third-order valence-corrected chi connectivity index (χ3v) is 3.70. The summed E-state index contributed by atoms with van der Waals surface area (Å²) < 4.78 is 1.58. The zero-order valence-electron chi connectivity index (χ0n) is 13.9. The van der Waals surface area contributed by atoms with Crippen molar-refractivity contribution in [3.63, 3.8) is 0 Å². The molecule has 5 nitrogen and oxygen atoms in total. The van der Waals surface area contributed by atoms with Gasteiger partial charge in [-0.05, 0) is 33.2 Å². The van der Waals surface area contributed by atoms with Gasteiger partial charge < -0.3 is 10.2 Å². The van der Waals surface area contributed by atoms with Crippen LogP contribution >= 0.6 is 0 Å². The van der Waals surface area contributed by atoms with Crippen LogP contribution < -0.4 is 15.8 Å². The molecule has 120 valence electrons. The van der Waals surface area contributed by atoms with Crippen molar-refractivity contribution in [1.29, 1.82) is 0 Å². The number of hydrogen-bond acceptors (Lipinski definition) is 4. The molecule has 1 unspecified atom stereocenters. The van der Waals surface area contributed by atoms with Gasteiger partial charge in [0.05, 0.1) is 18.4 Å². The van der Waals surface area contributed by atoms with E-state index in [-0.39, 0.29) is 5.56 Å². The predicted octanol–water partition coefficient (Wildman–Crippen LogP) is 2.26. The van der Waals surface area contributed by atoms with E-state index in [4.69, 9.17) is 0 Å².